The highest BCUT2D eigenvalue weighted by Crippen LogP contribution is 2.54. The average Bonchev–Trinajstić information content (AvgIpc) is 3.77. The van der Waals surface area contributed by atoms with Crippen LogP contribution >= 0.6 is 0 Å². The third-order valence-corrected chi connectivity index (χ3v) is 13.6. The van der Waals surface area contributed by atoms with Crippen LogP contribution in [0.1, 0.15) is 22.3 Å². The molecule has 11 aromatic rings. The first-order valence-corrected chi connectivity index (χ1v) is 20.6. The van der Waals surface area contributed by atoms with Gasteiger partial charge in [0.2, 0.25) is 0 Å². The Hall–Kier alpha value is -7.02. The van der Waals surface area contributed by atoms with E-state index in [2.05, 4.69) is 185 Å². The molecule has 0 saturated carbocycles. The molecule has 0 saturated heterocycles. The highest BCUT2D eigenvalue weighted by Gasteiger charge is 2.27. The third kappa shape index (κ3) is 4.14. The Kier molecular flexibility index (Phi) is 6.26. The smallest absolute Gasteiger partial charge is 0.00172 e. The van der Waals surface area contributed by atoms with Gasteiger partial charge < -0.3 is 0 Å². The van der Waals surface area contributed by atoms with Crippen LogP contribution in [0.3, 0.4) is 0 Å². The van der Waals surface area contributed by atoms with Crippen molar-refractivity contribution >= 4 is 64.6 Å². The van der Waals surface area contributed by atoms with E-state index in [0.29, 0.717) is 0 Å². The summed E-state index contributed by atoms with van der Waals surface area (Å²) in [5.41, 5.74) is 21.1. The van der Waals surface area contributed by atoms with Gasteiger partial charge in [0.05, 0.1) is 0 Å². The van der Waals surface area contributed by atoms with Crippen LogP contribution < -0.4 is 0 Å². The van der Waals surface area contributed by atoms with Crippen molar-refractivity contribution in [3.63, 3.8) is 0 Å². The normalized spacial score (nSPS) is 12.5. The summed E-state index contributed by atoms with van der Waals surface area (Å²) in [6.45, 7) is 8.96. The summed E-state index contributed by atoms with van der Waals surface area (Å²) >= 11 is 0. The zero-order chi connectivity index (χ0) is 38.6. The van der Waals surface area contributed by atoms with E-state index in [1.165, 1.54) is 154 Å². The van der Waals surface area contributed by atoms with Crippen molar-refractivity contribution in [2.24, 2.45) is 0 Å². The SMILES string of the molecule is Cc1ccc2c(c1)c(-c1cccc(-c3cc4c5ccc(C)c6c5c(cc4c4ccc(C)cc34)-c3ccccc3-6)c1)cc1c3ccc(C)c4c3c(cc21)-c1ccccc1-4. The standard InChI is InChI=1S/C58H38/c1-31-16-20-39-47(24-31)45(27-51-43-22-18-33(3)55-41-14-7-5-12-37(41)53(57(43)55)29-49(39)51)35-10-9-11-36(26-35)46-28-52-44-23-19-34(4)56-42-15-8-6-13-38(42)54(58(44)56)30-50(52)40-21-17-32(2)25-48(40)46/h5-30H,1-4H3. The van der Waals surface area contributed by atoms with Crippen molar-refractivity contribution in [3.05, 3.63) is 180 Å². The maximum atomic E-state index is 2.49. The predicted molar refractivity (Wildman–Crippen MR) is 250 cm³/mol. The van der Waals surface area contributed by atoms with Crippen LogP contribution in [0.4, 0.5) is 0 Å². The summed E-state index contributed by atoms with van der Waals surface area (Å²) in [7, 11) is 0. The Morgan fingerprint density at radius 2 is 0.638 bits per heavy atom. The fourth-order valence-corrected chi connectivity index (χ4v) is 11.1. The van der Waals surface area contributed by atoms with Gasteiger partial charge in [-0.05, 0) is 201 Å². The van der Waals surface area contributed by atoms with Crippen molar-refractivity contribution in [2.75, 3.05) is 0 Å². The lowest BCUT2D eigenvalue weighted by Gasteiger charge is -2.18. The van der Waals surface area contributed by atoms with Gasteiger partial charge in [0.15, 0.2) is 0 Å². The molecule has 0 spiro atoms. The molecule has 0 heteroatoms. The molecule has 11 aromatic carbocycles. The molecule has 270 valence electrons. The van der Waals surface area contributed by atoms with Crippen LogP contribution in [0.5, 0.6) is 0 Å². The molecule has 2 aliphatic carbocycles. The molecule has 0 radical (unpaired) electrons. The molecule has 13 rings (SSSR count). The fraction of sp³-hybridized carbons (Fsp3) is 0.0690. The minimum absolute atomic E-state index is 1.24. The van der Waals surface area contributed by atoms with E-state index < -0.39 is 0 Å². The molecule has 0 N–H and O–H groups in total. The second kappa shape index (κ2) is 11.3. The van der Waals surface area contributed by atoms with E-state index in [0.717, 1.165) is 0 Å². The average molecular weight is 735 g/mol. The first-order chi connectivity index (χ1) is 28.4. The molecular weight excluding hydrogens is 697 g/mol. The van der Waals surface area contributed by atoms with E-state index in [1.54, 1.807) is 0 Å². The first kappa shape index (κ1) is 32.1. The number of benzene rings is 11. The molecule has 0 aliphatic heterocycles. The lowest BCUT2D eigenvalue weighted by Crippen LogP contribution is -1.91. The van der Waals surface area contributed by atoms with Crippen molar-refractivity contribution in [3.8, 4) is 66.8 Å². The van der Waals surface area contributed by atoms with E-state index >= 15 is 0 Å². The molecule has 0 nitrogen and oxygen atoms in total. The molecule has 0 amide bonds. The fourth-order valence-electron chi connectivity index (χ4n) is 11.1. The summed E-state index contributed by atoms with van der Waals surface area (Å²) in [4.78, 5) is 0. The lowest BCUT2D eigenvalue weighted by atomic mass is 9.86. The minimum Gasteiger partial charge on any atom is -0.0616 e. The van der Waals surface area contributed by atoms with Gasteiger partial charge in [-0.2, -0.15) is 0 Å². The Morgan fingerprint density at radius 1 is 0.241 bits per heavy atom. The molecule has 0 heterocycles. The lowest BCUT2D eigenvalue weighted by molar-refractivity contribution is 1.50. The summed E-state index contributed by atoms with van der Waals surface area (Å²) in [5, 5.41) is 15.9. The van der Waals surface area contributed by atoms with Crippen LogP contribution in [0, 0.1) is 27.7 Å². The maximum Gasteiger partial charge on any atom is -0.00172 e. The minimum atomic E-state index is 1.24. The third-order valence-electron chi connectivity index (χ3n) is 13.6. The Labute approximate surface area is 337 Å². The van der Waals surface area contributed by atoms with Crippen LogP contribution in [-0.2, 0) is 0 Å². The number of fused-ring (bicyclic) bond motifs is 14. The topological polar surface area (TPSA) is 0 Å². The number of rotatable bonds is 2. The number of aryl methyl sites for hydroxylation is 4. The highest BCUT2D eigenvalue weighted by atomic mass is 14.3. The zero-order valence-electron chi connectivity index (χ0n) is 33.0. The molecule has 0 bridgehead atoms. The monoisotopic (exact) mass is 734 g/mol. The molecule has 2 aliphatic rings. The summed E-state index contributed by atoms with van der Waals surface area (Å²) in [6.07, 6.45) is 0. The Balaban J connectivity index is 1.09. The number of hydrogen-bond donors (Lipinski definition) is 0. The van der Waals surface area contributed by atoms with E-state index in [9.17, 15) is 0 Å². The van der Waals surface area contributed by atoms with Gasteiger partial charge in [-0.1, -0.05) is 139 Å². The zero-order valence-corrected chi connectivity index (χ0v) is 33.0. The Bertz CT molecular complexity index is 3460. The second-order valence-corrected chi connectivity index (χ2v) is 17.0. The summed E-state index contributed by atoms with van der Waals surface area (Å²) < 4.78 is 0. The van der Waals surface area contributed by atoms with E-state index in [4.69, 9.17) is 0 Å². The van der Waals surface area contributed by atoms with Gasteiger partial charge in [0.1, 0.15) is 0 Å². The van der Waals surface area contributed by atoms with Gasteiger partial charge in [-0.15, -0.1) is 0 Å². The molecule has 0 unspecified atom stereocenters. The number of hydrogen-bond acceptors (Lipinski definition) is 0. The van der Waals surface area contributed by atoms with Gasteiger partial charge in [-0.3, -0.25) is 0 Å². The maximum absolute atomic E-state index is 2.49. The van der Waals surface area contributed by atoms with E-state index in [-0.39, 0.29) is 0 Å². The predicted octanol–water partition coefficient (Wildman–Crippen LogP) is 16.5. The van der Waals surface area contributed by atoms with Gasteiger partial charge in [0, 0.05) is 0 Å². The van der Waals surface area contributed by atoms with Gasteiger partial charge in [-0.25, -0.2) is 0 Å². The van der Waals surface area contributed by atoms with Gasteiger partial charge >= 0.3 is 0 Å². The van der Waals surface area contributed by atoms with Crippen LogP contribution in [0.2, 0.25) is 0 Å². The highest BCUT2D eigenvalue weighted by molar-refractivity contribution is 6.31. The van der Waals surface area contributed by atoms with Crippen molar-refractivity contribution in [1.82, 2.24) is 0 Å². The molecule has 0 atom stereocenters. The molecular formula is C58H38. The summed E-state index contributed by atoms with van der Waals surface area (Å²) in [6, 6.07) is 60.7. The van der Waals surface area contributed by atoms with Crippen LogP contribution in [-0.4, -0.2) is 0 Å². The van der Waals surface area contributed by atoms with Gasteiger partial charge in [0.25, 0.3) is 0 Å². The largest absolute Gasteiger partial charge is 0.0616 e. The Morgan fingerprint density at radius 3 is 1.10 bits per heavy atom. The van der Waals surface area contributed by atoms with Crippen LogP contribution in [0.25, 0.3) is 131 Å². The quantitative estimate of drug-likeness (QED) is 0.155. The first-order valence-electron chi connectivity index (χ1n) is 20.6. The second-order valence-electron chi connectivity index (χ2n) is 17.0. The van der Waals surface area contributed by atoms with Crippen molar-refractivity contribution in [1.29, 1.82) is 0 Å². The van der Waals surface area contributed by atoms with Crippen LogP contribution in [0.15, 0.2) is 158 Å². The molecule has 0 fully saturated rings. The summed E-state index contributed by atoms with van der Waals surface area (Å²) in [5.74, 6) is 0. The van der Waals surface area contributed by atoms with Crippen molar-refractivity contribution < 1.29 is 0 Å². The van der Waals surface area contributed by atoms with E-state index in [1.807, 2.05) is 0 Å². The molecule has 0 aromatic heterocycles. The molecule has 58 heavy (non-hydrogen) atoms. The van der Waals surface area contributed by atoms with Crippen molar-refractivity contribution in [2.45, 2.75) is 27.7 Å².